The van der Waals surface area contributed by atoms with E-state index >= 15 is 0 Å². The van der Waals surface area contributed by atoms with E-state index in [4.69, 9.17) is 0 Å². The first-order chi connectivity index (χ1) is 7.33. The van der Waals surface area contributed by atoms with Crippen molar-refractivity contribution >= 4 is 20.6 Å². The summed E-state index contributed by atoms with van der Waals surface area (Å²) in [5.41, 5.74) is 3.66. The highest BCUT2D eigenvalue weighted by Crippen LogP contribution is 2.23. The van der Waals surface area contributed by atoms with Crippen LogP contribution in [0, 0.1) is 0 Å². The number of rotatable bonds is 2. The van der Waals surface area contributed by atoms with Crippen LogP contribution in [0.25, 0.3) is 17.2 Å². The van der Waals surface area contributed by atoms with Crippen LogP contribution in [0.15, 0.2) is 55.1 Å². The Morgan fingerprint density at radius 2 is 1.67 bits per heavy atom. The molecule has 0 radical (unpaired) electrons. The van der Waals surface area contributed by atoms with E-state index in [2.05, 4.69) is 58.3 Å². The molecule has 1 heteroatoms. The van der Waals surface area contributed by atoms with Crippen molar-refractivity contribution in [1.82, 2.24) is 0 Å². The first kappa shape index (κ1) is 10.1. The fraction of sp³-hybridized carbons (Fsp3) is 0. The predicted molar refractivity (Wildman–Crippen MR) is 71.3 cm³/mol. The van der Waals surface area contributed by atoms with Crippen LogP contribution in [-0.4, -0.2) is 0 Å². The average molecular weight is 212 g/mol. The first-order valence-corrected chi connectivity index (χ1v) is 5.47. The third-order valence-electron chi connectivity index (χ3n) is 2.43. The molecule has 2 aromatic rings. The van der Waals surface area contributed by atoms with E-state index < -0.39 is 0 Å². The van der Waals surface area contributed by atoms with Crippen LogP contribution < -0.4 is 5.30 Å². The van der Waals surface area contributed by atoms with Crippen molar-refractivity contribution in [2.24, 2.45) is 0 Å². The van der Waals surface area contributed by atoms with Gasteiger partial charge in [-0.2, -0.15) is 0 Å². The molecule has 0 nitrogen and oxygen atoms in total. The molecule has 1 atom stereocenters. The lowest BCUT2D eigenvalue weighted by Gasteiger charge is -2.08. The second-order valence-electron chi connectivity index (χ2n) is 3.38. The van der Waals surface area contributed by atoms with Crippen molar-refractivity contribution in [3.8, 4) is 11.1 Å². The average Bonchev–Trinajstić information content (AvgIpc) is 2.30. The van der Waals surface area contributed by atoms with Crippen LogP contribution in [0.5, 0.6) is 0 Å². The van der Waals surface area contributed by atoms with E-state index in [1.807, 2.05) is 12.1 Å². The molecule has 0 aliphatic heterocycles. The molecule has 0 bridgehead atoms. The Kier molecular flexibility index (Phi) is 2.99. The van der Waals surface area contributed by atoms with Gasteiger partial charge in [0.05, 0.1) is 0 Å². The summed E-state index contributed by atoms with van der Waals surface area (Å²) in [7, 11) is 2.75. The SMILES string of the molecule is C=Cc1c(P)cccc1-c1ccccc1. The van der Waals surface area contributed by atoms with Crippen LogP contribution in [0.1, 0.15) is 5.56 Å². The maximum Gasteiger partial charge on any atom is -0.0105 e. The van der Waals surface area contributed by atoms with Gasteiger partial charge in [-0.15, -0.1) is 9.24 Å². The topological polar surface area (TPSA) is 0 Å². The second-order valence-corrected chi connectivity index (χ2v) is 4.00. The van der Waals surface area contributed by atoms with Crippen molar-refractivity contribution in [3.63, 3.8) is 0 Å². The zero-order valence-corrected chi connectivity index (χ0v) is 9.64. The quantitative estimate of drug-likeness (QED) is 0.668. The zero-order chi connectivity index (χ0) is 10.7. The highest BCUT2D eigenvalue weighted by Gasteiger charge is 2.03. The van der Waals surface area contributed by atoms with Crippen LogP contribution in [-0.2, 0) is 0 Å². The van der Waals surface area contributed by atoms with Gasteiger partial charge in [0.15, 0.2) is 0 Å². The minimum atomic E-state index is 1.19. The lowest BCUT2D eigenvalue weighted by atomic mass is 10.00. The molecule has 0 saturated carbocycles. The van der Waals surface area contributed by atoms with Gasteiger partial charge in [-0.05, 0) is 22.0 Å². The molecule has 0 fully saturated rings. The Bertz CT molecular complexity index is 472. The Balaban J connectivity index is 2.63. The standard InChI is InChI=1S/C14H13P/c1-2-12-13(9-6-10-14(12)15)11-7-4-3-5-8-11/h2-10H,1,15H2. The molecule has 2 aromatic carbocycles. The minimum Gasteiger partial charge on any atom is -0.105 e. The van der Waals surface area contributed by atoms with E-state index in [0.717, 1.165) is 0 Å². The maximum atomic E-state index is 3.86. The van der Waals surface area contributed by atoms with Crippen LogP contribution in [0.3, 0.4) is 0 Å². The summed E-state index contributed by atoms with van der Waals surface area (Å²) in [6, 6.07) is 16.6. The van der Waals surface area contributed by atoms with Gasteiger partial charge in [-0.25, -0.2) is 0 Å². The minimum absolute atomic E-state index is 1.19. The fourth-order valence-electron chi connectivity index (χ4n) is 1.68. The molecule has 1 unspecified atom stereocenters. The summed E-state index contributed by atoms with van der Waals surface area (Å²) >= 11 is 0. The third kappa shape index (κ3) is 2.00. The molecular formula is C14H13P. The van der Waals surface area contributed by atoms with Gasteiger partial charge in [0.2, 0.25) is 0 Å². The van der Waals surface area contributed by atoms with Gasteiger partial charge in [0.1, 0.15) is 0 Å². The molecule has 0 heterocycles. The van der Waals surface area contributed by atoms with E-state index in [1.54, 1.807) is 0 Å². The van der Waals surface area contributed by atoms with Gasteiger partial charge < -0.3 is 0 Å². The van der Waals surface area contributed by atoms with Crippen molar-refractivity contribution < 1.29 is 0 Å². The molecule has 0 amide bonds. The lowest BCUT2D eigenvalue weighted by molar-refractivity contribution is 1.62. The van der Waals surface area contributed by atoms with E-state index in [-0.39, 0.29) is 0 Å². The zero-order valence-electron chi connectivity index (χ0n) is 8.48. The summed E-state index contributed by atoms with van der Waals surface area (Å²) in [5, 5.41) is 1.19. The van der Waals surface area contributed by atoms with Gasteiger partial charge in [-0.1, -0.05) is 61.2 Å². The smallest absolute Gasteiger partial charge is 0.0105 e. The largest absolute Gasteiger partial charge is 0.105 e. The molecule has 0 saturated heterocycles. The van der Waals surface area contributed by atoms with E-state index in [0.29, 0.717) is 0 Å². The van der Waals surface area contributed by atoms with Crippen molar-refractivity contribution in [2.75, 3.05) is 0 Å². The molecule has 0 N–H and O–H groups in total. The van der Waals surface area contributed by atoms with Gasteiger partial charge >= 0.3 is 0 Å². The second kappa shape index (κ2) is 4.42. The van der Waals surface area contributed by atoms with Crippen molar-refractivity contribution in [3.05, 3.63) is 60.7 Å². The number of hydrogen-bond donors (Lipinski definition) is 0. The highest BCUT2D eigenvalue weighted by atomic mass is 31.0. The maximum absolute atomic E-state index is 3.86. The van der Waals surface area contributed by atoms with Crippen LogP contribution >= 0.6 is 9.24 Å². The summed E-state index contributed by atoms with van der Waals surface area (Å²) in [4.78, 5) is 0. The monoisotopic (exact) mass is 212 g/mol. The van der Waals surface area contributed by atoms with Crippen molar-refractivity contribution in [1.29, 1.82) is 0 Å². The summed E-state index contributed by atoms with van der Waals surface area (Å²) in [6.07, 6.45) is 1.91. The number of benzene rings is 2. The van der Waals surface area contributed by atoms with E-state index in [9.17, 15) is 0 Å². The molecule has 0 aliphatic rings. The fourth-order valence-corrected chi connectivity index (χ4v) is 2.06. The lowest BCUT2D eigenvalue weighted by Crippen LogP contribution is -1.98. The predicted octanol–water partition coefficient (Wildman–Crippen LogP) is 3.50. The summed E-state index contributed by atoms with van der Waals surface area (Å²) in [6.45, 7) is 3.86. The molecule has 0 aliphatic carbocycles. The first-order valence-electron chi connectivity index (χ1n) is 4.89. The van der Waals surface area contributed by atoms with Gasteiger partial charge in [0.25, 0.3) is 0 Å². The van der Waals surface area contributed by atoms with Crippen LogP contribution in [0.2, 0.25) is 0 Å². The number of hydrogen-bond acceptors (Lipinski definition) is 0. The van der Waals surface area contributed by atoms with Gasteiger partial charge in [0, 0.05) is 0 Å². The normalized spacial score (nSPS) is 9.93. The third-order valence-corrected chi connectivity index (χ3v) is 2.93. The molecule has 2 rings (SSSR count). The Hall–Kier alpha value is -1.39. The van der Waals surface area contributed by atoms with E-state index in [1.165, 1.54) is 22.0 Å². The molecule has 0 aromatic heterocycles. The highest BCUT2D eigenvalue weighted by molar-refractivity contribution is 7.27. The molecular weight excluding hydrogens is 199 g/mol. The summed E-state index contributed by atoms with van der Waals surface area (Å²) in [5.74, 6) is 0. The Labute approximate surface area is 92.9 Å². The molecule has 15 heavy (non-hydrogen) atoms. The molecule has 74 valence electrons. The van der Waals surface area contributed by atoms with Crippen LogP contribution in [0.4, 0.5) is 0 Å². The van der Waals surface area contributed by atoms with Crippen molar-refractivity contribution in [2.45, 2.75) is 0 Å². The Morgan fingerprint density at radius 1 is 0.933 bits per heavy atom. The Morgan fingerprint density at radius 3 is 2.33 bits per heavy atom. The summed E-state index contributed by atoms with van der Waals surface area (Å²) < 4.78 is 0. The molecule has 0 spiro atoms. The van der Waals surface area contributed by atoms with Gasteiger partial charge in [-0.3, -0.25) is 0 Å².